The highest BCUT2D eigenvalue weighted by molar-refractivity contribution is 5.88. The van der Waals surface area contributed by atoms with Crippen LogP contribution in [-0.4, -0.2) is 0 Å². The summed E-state index contributed by atoms with van der Waals surface area (Å²) in [6.45, 7) is 4.00. The third kappa shape index (κ3) is 2.21. The molecule has 2 N–H and O–H groups in total. The monoisotopic (exact) mass is 263 g/mol. The van der Waals surface area contributed by atoms with Crippen LogP contribution in [0.25, 0.3) is 10.8 Å². The van der Waals surface area contributed by atoms with E-state index in [0.717, 1.165) is 33.7 Å². The number of fused-ring (bicyclic) bond motifs is 1. The minimum atomic E-state index is 0.799. The van der Waals surface area contributed by atoms with Crippen molar-refractivity contribution in [1.29, 1.82) is 0 Å². The van der Waals surface area contributed by atoms with E-state index in [4.69, 9.17) is 10.5 Å². The number of anilines is 1. The van der Waals surface area contributed by atoms with Crippen molar-refractivity contribution in [2.75, 3.05) is 5.73 Å². The number of ether oxygens (including phenoxy) is 1. The Balaban J connectivity index is 2.08. The Hall–Kier alpha value is -2.48. The number of hydrogen-bond acceptors (Lipinski definition) is 2. The fourth-order valence-electron chi connectivity index (χ4n) is 2.33. The molecule has 0 bridgehead atoms. The first-order valence-electron chi connectivity index (χ1n) is 6.67. The van der Waals surface area contributed by atoms with Gasteiger partial charge >= 0.3 is 0 Å². The summed E-state index contributed by atoms with van der Waals surface area (Å²) in [5, 5.41) is 2.29. The molecule has 0 amide bonds. The van der Waals surface area contributed by atoms with Crippen LogP contribution in [0.1, 0.15) is 11.1 Å². The number of hydrogen-bond donors (Lipinski definition) is 1. The normalized spacial score (nSPS) is 10.7. The number of nitrogen functional groups attached to an aromatic ring is 1. The van der Waals surface area contributed by atoms with Crippen LogP contribution in [0.5, 0.6) is 11.5 Å². The maximum atomic E-state index is 6.10. The van der Waals surface area contributed by atoms with Gasteiger partial charge in [0.05, 0.1) is 0 Å². The lowest BCUT2D eigenvalue weighted by Crippen LogP contribution is -1.94. The maximum Gasteiger partial charge on any atom is 0.135 e. The third-order valence-corrected chi connectivity index (χ3v) is 3.53. The summed E-state index contributed by atoms with van der Waals surface area (Å²) in [6, 6.07) is 18.3. The molecule has 0 aliphatic heterocycles. The largest absolute Gasteiger partial charge is 0.456 e. The fourth-order valence-corrected chi connectivity index (χ4v) is 2.33. The predicted octanol–water partition coefficient (Wildman–Crippen LogP) is 4.83. The Morgan fingerprint density at radius 1 is 0.800 bits per heavy atom. The van der Waals surface area contributed by atoms with Crippen molar-refractivity contribution in [1.82, 2.24) is 0 Å². The Kier molecular flexibility index (Phi) is 3.07. The van der Waals surface area contributed by atoms with E-state index in [0.29, 0.717) is 0 Å². The Bertz CT molecular complexity index is 772. The van der Waals surface area contributed by atoms with Crippen LogP contribution in [-0.2, 0) is 0 Å². The fraction of sp³-hybridized carbons (Fsp3) is 0.111. The summed E-state index contributed by atoms with van der Waals surface area (Å²) < 4.78 is 6.10. The first-order chi connectivity index (χ1) is 9.65. The maximum absolute atomic E-state index is 6.10. The van der Waals surface area contributed by atoms with Gasteiger partial charge in [0.15, 0.2) is 0 Å². The highest BCUT2D eigenvalue weighted by Crippen LogP contribution is 2.33. The second-order valence-electron chi connectivity index (χ2n) is 5.05. The highest BCUT2D eigenvalue weighted by Gasteiger charge is 2.07. The van der Waals surface area contributed by atoms with Crippen molar-refractivity contribution in [3.8, 4) is 11.5 Å². The third-order valence-electron chi connectivity index (χ3n) is 3.53. The van der Waals surface area contributed by atoms with Gasteiger partial charge in [0.1, 0.15) is 11.5 Å². The van der Waals surface area contributed by atoms with E-state index in [1.807, 2.05) is 50.2 Å². The van der Waals surface area contributed by atoms with Crippen LogP contribution in [0, 0.1) is 13.8 Å². The van der Waals surface area contributed by atoms with Gasteiger partial charge in [-0.3, -0.25) is 0 Å². The molecule has 0 atom stereocenters. The van der Waals surface area contributed by atoms with E-state index in [1.54, 1.807) is 0 Å². The van der Waals surface area contributed by atoms with Crippen LogP contribution >= 0.6 is 0 Å². The SMILES string of the molecule is Cc1cc(Oc2cccc3ccccc23)c(C)cc1N. The van der Waals surface area contributed by atoms with Crippen molar-refractivity contribution >= 4 is 16.5 Å². The molecule has 0 saturated carbocycles. The molecule has 0 radical (unpaired) electrons. The molecule has 0 unspecified atom stereocenters. The molecule has 0 aromatic heterocycles. The van der Waals surface area contributed by atoms with Crippen molar-refractivity contribution in [2.45, 2.75) is 13.8 Å². The van der Waals surface area contributed by atoms with E-state index in [9.17, 15) is 0 Å². The summed E-state index contributed by atoms with van der Waals surface area (Å²) in [5.74, 6) is 1.73. The molecule has 0 spiro atoms. The molecule has 0 fully saturated rings. The molecule has 20 heavy (non-hydrogen) atoms. The molecule has 2 nitrogen and oxygen atoms in total. The van der Waals surface area contributed by atoms with Crippen LogP contribution < -0.4 is 10.5 Å². The van der Waals surface area contributed by atoms with Gasteiger partial charge < -0.3 is 10.5 Å². The Morgan fingerprint density at radius 3 is 2.40 bits per heavy atom. The first kappa shape index (κ1) is 12.5. The molecule has 2 heteroatoms. The van der Waals surface area contributed by atoms with Gasteiger partial charge in [0, 0.05) is 11.1 Å². The highest BCUT2D eigenvalue weighted by atomic mass is 16.5. The molecule has 0 heterocycles. The zero-order valence-electron chi connectivity index (χ0n) is 11.7. The lowest BCUT2D eigenvalue weighted by Gasteiger charge is -2.13. The number of aryl methyl sites for hydroxylation is 2. The van der Waals surface area contributed by atoms with Crippen molar-refractivity contribution in [3.63, 3.8) is 0 Å². The standard InChI is InChI=1S/C18H17NO/c1-12-11-18(13(2)10-16(12)19)20-17-9-5-7-14-6-3-4-8-15(14)17/h3-11H,19H2,1-2H3. The summed E-state index contributed by atoms with van der Waals surface area (Å²) >= 11 is 0. The van der Waals surface area contributed by atoms with Crippen LogP contribution in [0.4, 0.5) is 5.69 Å². The summed E-state index contributed by atoms with van der Waals surface area (Å²) in [7, 11) is 0. The van der Waals surface area contributed by atoms with Gasteiger partial charge in [0.2, 0.25) is 0 Å². The summed E-state index contributed by atoms with van der Waals surface area (Å²) in [4.78, 5) is 0. The molecule has 0 saturated heterocycles. The predicted molar refractivity (Wildman–Crippen MR) is 84.4 cm³/mol. The molecule has 3 rings (SSSR count). The average Bonchev–Trinajstić information content (AvgIpc) is 2.45. The smallest absolute Gasteiger partial charge is 0.135 e. The first-order valence-corrected chi connectivity index (χ1v) is 6.67. The van der Waals surface area contributed by atoms with E-state index in [-0.39, 0.29) is 0 Å². The van der Waals surface area contributed by atoms with Gasteiger partial charge in [-0.05, 0) is 48.6 Å². The molecular weight excluding hydrogens is 246 g/mol. The number of rotatable bonds is 2. The molecule has 3 aromatic carbocycles. The quantitative estimate of drug-likeness (QED) is 0.672. The summed E-state index contributed by atoms with van der Waals surface area (Å²) in [6.07, 6.45) is 0. The van der Waals surface area contributed by atoms with Gasteiger partial charge in [-0.25, -0.2) is 0 Å². The van der Waals surface area contributed by atoms with Crippen LogP contribution in [0.3, 0.4) is 0 Å². The van der Waals surface area contributed by atoms with E-state index in [1.165, 1.54) is 5.39 Å². The van der Waals surface area contributed by atoms with Gasteiger partial charge in [-0.2, -0.15) is 0 Å². The lowest BCUT2D eigenvalue weighted by atomic mass is 10.1. The van der Waals surface area contributed by atoms with E-state index in [2.05, 4.69) is 18.2 Å². The molecule has 0 aliphatic carbocycles. The zero-order chi connectivity index (χ0) is 14.1. The zero-order valence-corrected chi connectivity index (χ0v) is 11.7. The van der Waals surface area contributed by atoms with E-state index < -0.39 is 0 Å². The van der Waals surface area contributed by atoms with Crippen LogP contribution in [0.2, 0.25) is 0 Å². The average molecular weight is 263 g/mol. The van der Waals surface area contributed by atoms with Crippen molar-refractivity contribution in [3.05, 3.63) is 65.7 Å². The minimum absolute atomic E-state index is 0.799. The second-order valence-corrected chi connectivity index (χ2v) is 5.05. The number of benzene rings is 3. The van der Waals surface area contributed by atoms with Gasteiger partial charge in [0.25, 0.3) is 0 Å². The van der Waals surface area contributed by atoms with E-state index >= 15 is 0 Å². The Morgan fingerprint density at radius 2 is 1.55 bits per heavy atom. The topological polar surface area (TPSA) is 35.2 Å². The number of nitrogens with two attached hydrogens (primary N) is 1. The molecule has 100 valence electrons. The minimum Gasteiger partial charge on any atom is -0.456 e. The van der Waals surface area contributed by atoms with Crippen LogP contribution in [0.15, 0.2) is 54.6 Å². The molecular formula is C18H17NO. The Labute approximate surface area is 118 Å². The van der Waals surface area contributed by atoms with Gasteiger partial charge in [-0.15, -0.1) is 0 Å². The molecule has 0 aliphatic rings. The van der Waals surface area contributed by atoms with Crippen molar-refractivity contribution < 1.29 is 4.74 Å². The van der Waals surface area contributed by atoms with Crippen molar-refractivity contribution in [2.24, 2.45) is 0 Å². The second kappa shape index (κ2) is 4.89. The lowest BCUT2D eigenvalue weighted by molar-refractivity contribution is 0.484. The van der Waals surface area contributed by atoms with Gasteiger partial charge in [-0.1, -0.05) is 36.4 Å². The molecule has 3 aromatic rings. The summed E-state index contributed by atoms with van der Waals surface area (Å²) in [5.41, 5.74) is 8.79.